The average Bonchev–Trinajstić information content (AvgIpc) is 2.18. The zero-order valence-electron chi connectivity index (χ0n) is 11.7. The third-order valence-electron chi connectivity index (χ3n) is 2.80. The molecule has 0 atom stereocenters. The van der Waals surface area contributed by atoms with Crippen LogP contribution in [0.4, 0.5) is 0 Å². The van der Waals surface area contributed by atoms with Gasteiger partial charge in [-0.25, -0.2) is 0 Å². The van der Waals surface area contributed by atoms with Gasteiger partial charge >= 0.3 is 0 Å². The normalized spacial score (nSPS) is 12.3. The molecule has 0 saturated heterocycles. The van der Waals surface area contributed by atoms with Crippen molar-refractivity contribution in [2.75, 3.05) is 30.6 Å². The summed E-state index contributed by atoms with van der Waals surface area (Å²) in [4.78, 5) is 0. The molecule has 0 aromatic carbocycles. The van der Waals surface area contributed by atoms with Gasteiger partial charge in [-0.1, -0.05) is 48.5 Å². The summed E-state index contributed by atoms with van der Waals surface area (Å²) in [7, 11) is -1.74. The van der Waals surface area contributed by atoms with E-state index < -0.39 is 7.14 Å². The van der Waals surface area contributed by atoms with Crippen molar-refractivity contribution in [1.29, 1.82) is 0 Å². The van der Waals surface area contributed by atoms with Gasteiger partial charge in [0.2, 0.25) is 0 Å². The second-order valence-electron chi connectivity index (χ2n) is 4.76. The maximum Gasteiger partial charge on any atom is 0.0918 e. The Balaban J connectivity index is 4.36. The van der Waals surface area contributed by atoms with E-state index in [0.717, 1.165) is 31.1 Å². The first kappa shape index (κ1) is 16.7. The van der Waals surface area contributed by atoms with Crippen molar-refractivity contribution >= 4 is 15.1 Å². The minimum absolute atomic E-state index is 0.0649. The molecule has 0 aliphatic rings. The fourth-order valence-electron chi connectivity index (χ4n) is 2.32. The molecule has 0 aliphatic carbocycles. The van der Waals surface area contributed by atoms with Crippen LogP contribution in [0.1, 0.15) is 53.4 Å². The highest BCUT2D eigenvalue weighted by atomic mass is 31.2. The Morgan fingerprint density at radius 1 is 0.812 bits per heavy atom. The van der Waals surface area contributed by atoms with Gasteiger partial charge in [-0.3, -0.25) is 0 Å². The molecule has 0 radical (unpaired) electrons. The van der Waals surface area contributed by atoms with Crippen LogP contribution in [0.25, 0.3) is 0 Å². The zero-order chi connectivity index (χ0) is 12.4. The van der Waals surface area contributed by atoms with Gasteiger partial charge in [0.1, 0.15) is 0 Å². The Hall–Kier alpha value is 0.660. The van der Waals surface area contributed by atoms with Crippen molar-refractivity contribution in [1.82, 2.24) is 0 Å². The smallest absolute Gasteiger partial charge is 0.0918 e. The van der Waals surface area contributed by atoms with Gasteiger partial charge < -0.3 is 4.57 Å². The first-order valence-corrected chi connectivity index (χ1v) is 11.1. The largest absolute Gasteiger partial charge is 0.323 e. The highest BCUT2D eigenvalue weighted by Crippen LogP contribution is 2.57. The van der Waals surface area contributed by atoms with E-state index in [1.165, 1.54) is 25.2 Å². The number of hydrogen-bond acceptors (Lipinski definition) is 1. The van der Waals surface area contributed by atoms with Crippen LogP contribution in [0.2, 0.25) is 0 Å². The van der Waals surface area contributed by atoms with Crippen LogP contribution in [0, 0.1) is 0 Å². The Labute approximate surface area is 104 Å². The third-order valence-corrected chi connectivity index (χ3v) is 11.1. The molecule has 98 valence electrons. The van der Waals surface area contributed by atoms with E-state index >= 15 is 0 Å². The molecule has 0 amide bonds. The van der Waals surface area contributed by atoms with E-state index in [0.29, 0.717) is 0 Å². The number of rotatable bonds is 10. The van der Waals surface area contributed by atoms with Crippen molar-refractivity contribution in [3.8, 4) is 0 Å². The highest BCUT2D eigenvalue weighted by Gasteiger charge is 2.23. The molecule has 0 aromatic rings. The summed E-state index contributed by atoms with van der Waals surface area (Å²) in [6, 6.07) is 0. The summed E-state index contributed by atoms with van der Waals surface area (Å²) in [5.74, 6) is 1.09. The monoisotopic (exact) mass is 264 g/mol. The Morgan fingerprint density at radius 2 is 1.25 bits per heavy atom. The van der Waals surface area contributed by atoms with Gasteiger partial charge in [0.15, 0.2) is 0 Å². The van der Waals surface area contributed by atoms with Gasteiger partial charge in [-0.05, 0) is 25.2 Å². The molecular weight excluding hydrogens is 234 g/mol. The van der Waals surface area contributed by atoms with E-state index in [4.69, 9.17) is 0 Å². The highest BCUT2D eigenvalue weighted by molar-refractivity contribution is 7.77. The van der Waals surface area contributed by atoms with Crippen molar-refractivity contribution in [2.45, 2.75) is 53.4 Å². The van der Waals surface area contributed by atoms with E-state index in [1.807, 2.05) is 0 Å². The molecule has 0 rings (SSSR count). The first-order valence-electron chi connectivity index (χ1n) is 6.91. The van der Waals surface area contributed by atoms with Crippen LogP contribution in [-0.4, -0.2) is 30.6 Å². The van der Waals surface area contributed by atoms with Crippen LogP contribution in [0.3, 0.4) is 0 Å². The third kappa shape index (κ3) is 7.08. The lowest BCUT2D eigenvalue weighted by atomic mass is 10.6. The fraction of sp³-hybridized carbons (Fsp3) is 1.00. The van der Waals surface area contributed by atoms with E-state index in [1.54, 1.807) is 0 Å². The van der Waals surface area contributed by atoms with Crippen LogP contribution >= 0.6 is 15.1 Å². The molecule has 16 heavy (non-hydrogen) atoms. The predicted octanol–water partition coefficient (Wildman–Crippen LogP) is 5.43. The van der Waals surface area contributed by atoms with Crippen molar-refractivity contribution < 1.29 is 4.57 Å². The van der Waals surface area contributed by atoms with Gasteiger partial charge in [-0.2, -0.15) is 0 Å². The molecule has 1 nitrogen and oxygen atoms in total. The van der Waals surface area contributed by atoms with E-state index in [9.17, 15) is 4.57 Å². The second-order valence-corrected chi connectivity index (χ2v) is 11.1. The van der Waals surface area contributed by atoms with Gasteiger partial charge in [0, 0.05) is 18.2 Å². The van der Waals surface area contributed by atoms with Crippen molar-refractivity contribution in [3.63, 3.8) is 0 Å². The zero-order valence-corrected chi connectivity index (χ0v) is 13.5. The summed E-state index contributed by atoms with van der Waals surface area (Å²) < 4.78 is 12.8. The Kier molecular flexibility index (Phi) is 10.1. The second kappa shape index (κ2) is 9.67. The molecule has 0 fully saturated rings. The first-order chi connectivity index (χ1) is 7.61. The molecule has 3 heteroatoms. The van der Waals surface area contributed by atoms with Gasteiger partial charge in [0.05, 0.1) is 7.14 Å². The molecule has 0 aromatic heterocycles. The molecular formula is C13H30OP2. The number of hydrogen-bond donors (Lipinski definition) is 0. The van der Waals surface area contributed by atoms with Crippen LogP contribution < -0.4 is 0 Å². The van der Waals surface area contributed by atoms with Crippen LogP contribution in [0.5, 0.6) is 0 Å². The summed E-state index contributed by atoms with van der Waals surface area (Å²) in [6.07, 6.45) is 9.38. The topological polar surface area (TPSA) is 17.1 Å². The van der Waals surface area contributed by atoms with Crippen LogP contribution in [0.15, 0.2) is 0 Å². The minimum atomic E-state index is -1.81. The lowest BCUT2D eigenvalue weighted by Gasteiger charge is -2.24. The molecule has 0 heterocycles. The maximum atomic E-state index is 12.8. The maximum absolute atomic E-state index is 12.8. The fourth-order valence-corrected chi connectivity index (χ4v) is 10.8. The SMILES string of the molecule is CCCP(CCC)CP(=O)(CCC)CCC. The van der Waals surface area contributed by atoms with Crippen molar-refractivity contribution in [3.05, 3.63) is 0 Å². The van der Waals surface area contributed by atoms with Crippen molar-refractivity contribution in [2.24, 2.45) is 0 Å². The molecule has 0 saturated carbocycles. The minimum Gasteiger partial charge on any atom is -0.323 e. The average molecular weight is 264 g/mol. The quantitative estimate of drug-likeness (QED) is 0.481. The molecule has 0 aliphatic heterocycles. The summed E-state index contributed by atoms with van der Waals surface area (Å²) >= 11 is 0. The van der Waals surface area contributed by atoms with Gasteiger partial charge in [-0.15, -0.1) is 0 Å². The standard InChI is InChI=1S/C13H30OP2/c1-5-9-15(10-6-2)13-16(14,11-7-3)12-8-4/h5-13H2,1-4H3. The Bertz CT molecular complexity index is 188. The predicted molar refractivity (Wildman–Crippen MR) is 80.0 cm³/mol. The van der Waals surface area contributed by atoms with E-state index in [2.05, 4.69) is 27.7 Å². The molecule has 0 spiro atoms. The molecule has 0 N–H and O–H groups in total. The van der Waals surface area contributed by atoms with Gasteiger partial charge in [0.25, 0.3) is 0 Å². The Morgan fingerprint density at radius 3 is 1.56 bits per heavy atom. The lowest BCUT2D eigenvalue weighted by Crippen LogP contribution is -2.02. The lowest BCUT2D eigenvalue weighted by molar-refractivity contribution is 0.575. The molecule has 0 bridgehead atoms. The van der Waals surface area contributed by atoms with Crippen LogP contribution in [-0.2, 0) is 4.57 Å². The summed E-state index contributed by atoms with van der Waals surface area (Å²) in [6.45, 7) is 8.86. The summed E-state index contributed by atoms with van der Waals surface area (Å²) in [5.41, 5.74) is 0. The summed E-state index contributed by atoms with van der Waals surface area (Å²) in [5, 5.41) is 0. The molecule has 0 unspecified atom stereocenters. The van der Waals surface area contributed by atoms with E-state index in [-0.39, 0.29) is 7.92 Å².